The third-order valence-corrected chi connectivity index (χ3v) is 2.11. The topological polar surface area (TPSA) is 94.5 Å². The molecule has 0 saturated carbocycles. The van der Waals surface area contributed by atoms with Crippen LogP contribution in [-0.2, 0) is 20.8 Å². The van der Waals surface area contributed by atoms with Crippen molar-refractivity contribution < 1.29 is 19.1 Å². The molecule has 0 aliphatic rings. The molecule has 0 bridgehead atoms. The second-order valence-corrected chi connectivity index (χ2v) is 3.60. The molecule has 0 aromatic carbocycles. The van der Waals surface area contributed by atoms with Gasteiger partial charge >= 0.3 is 12.0 Å². The Morgan fingerprint density at radius 1 is 1.47 bits per heavy atom. The van der Waals surface area contributed by atoms with E-state index >= 15 is 0 Å². The lowest BCUT2D eigenvalue weighted by atomic mass is 10.5. The summed E-state index contributed by atoms with van der Waals surface area (Å²) >= 11 is 0. The molecule has 0 aliphatic carbocycles. The lowest BCUT2D eigenvalue weighted by Gasteiger charge is -2.05. The monoisotopic (exact) mass is 270 g/mol. The van der Waals surface area contributed by atoms with E-state index in [1.807, 2.05) is 0 Å². The molecule has 0 fully saturated rings. The minimum Gasteiger partial charge on any atom is -0.465 e. The highest BCUT2D eigenvalue weighted by atomic mass is 16.5. The van der Waals surface area contributed by atoms with Crippen molar-refractivity contribution in [2.75, 3.05) is 32.2 Å². The molecule has 1 aromatic rings. The maximum atomic E-state index is 11.5. The van der Waals surface area contributed by atoms with Crippen molar-refractivity contribution in [2.45, 2.75) is 13.5 Å². The number of carbonyl (C=O) groups is 2. The molecule has 1 rings (SSSR count). The Morgan fingerprint density at radius 3 is 2.95 bits per heavy atom. The van der Waals surface area contributed by atoms with Gasteiger partial charge in [0.15, 0.2) is 0 Å². The number of rotatable bonds is 7. The third-order valence-electron chi connectivity index (χ3n) is 2.11. The Bertz CT molecular complexity index is 419. The average molecular weight is 270 g/mol. The van der Waals surface area contributed by atoms with E-state index < -0.39 is 12.0 Å². The van der Waals surface area contributed by atoms with Crippen LogP contribution >= 0.6 is 0 Å². The highest BCUT2D eigenvalue weighted by Gasteiger charge is 2.07. The lowest BCUT2D eigenvalue weighted by Crippen LogP contribution is -2.34. The summed E-state index contributed by atoms with van der Waals surface area (Å²) in [4.78, 5) is 22.5. The number of methoxy groups -OCH3 is 1. The maximum absolute atomic E-state index is 11.5. The van der Waals surface area contributed by atoms with Gasteiger partial charge in [0, 0.05) is 13.3 Å². The predicted molar refractivity (Wildman–Crippen MR) is 67.8 cm³/mol. The number of nitrogens with one attached hydrogen (secondary N) is 2. The van der Waals surface area contributed by atoms with Gasteiger partial charge in [-0.25, -0.2) is 4.79 Å². The van der Waals surface area contributed by atoms with Crippen molar-refractivity contribution in [3.8, 4) is 0 Å². The molecular weight excluding hydrogens is 252 g/mol. The predicted octanol–water partition coefficient (Wildman–Crippen LogP) is 0.214. The van der Waals surface area contributed by atoms with Gasteiger partial charge in [0.1, 0.15) is 6.54 Å². The van der Waals surface area contributed by atoms with Gasteiger partial charge in [-0.1, -0.05) is 0 Å². The minimum atomic E-state index is -0.487. The molecule has 0 atom stereocenters. The zero-order valence-electron chi connectivity index (χ0n) is 11.0. The van der Waals surface area contributed by atoms with Crippen LogP contribution in [0.1, 0.15) is 6.92 Å². The smallest absolute Gasteiger partial charge is 0.325 e. The molecule has 1 aromatic heterocycles. The molecule has 8 nitrogen and oxygen atoms in total. The molecule has 0 radical (unpaired) electrons. The van der Waals surface area contributed by atoms with E-state index in [0.717, 1.165) is 0 Å². The summed E-state index contributed by atoms with van der Waals surface area (Å²) in [6.07, 6.45) is 3.18. The van der Waals surface area contributed by atoms with Gasteiger partial charge in [-0.2, -0.15) is 5.10 Å². The third kappa shape index (κ3) is 5.87. The SMILES string of the molecule is CCOC(=O)CNC(=O)Nc1cnn(CCOC)c1. The number of esters is 1. The van der Waals surface area contributed by atoms with Gasteiger partial charge in [0.05, 0.1) is 31.6 Å². The highest BCUT2D eigenvalue weighted by Crippen LogP contribution is 2.04. The molecule has 106 valence electrons. The number of aromatic nitrogens is 2. The molecule has 0 spiro atoms. The van der Waals surface area contributed by atoms with E-state index in [2.05, 4.69) is 20.5 Å². The van der Waals surface area contributed by atoms with Gasteiger partial charge in [-0.05, 0) is 6.92 Å². The van der Waals surface area contributed by atoms with Gasteiger partial charge in [0.2, 0.25) is 0 Å². The standard InChI is InChI=1S/C11H18N4O4/c1-3-19-10(16)7-12-11(17)14-9-6-13-15(8-9)4-5-18-2/h6,8H,3-5,7H2,1-2H3,(H2,12,14,17). The van der Waals surface area contributed by atoms with E-state index in [0.29, 0.717) is 18.8 Å². The van der Waals surface area contributed by atoms with E-state index in [4.69, 9.17) is 4.74 Å². The molecule has 2 amide bonds. The maximum Gasteiger partial charge on any atom is 0.325 e. The molecule has 0 unspecified atom stereocenters. The Hall–Kier alpha value is -2.09. The first-order valence-corrected chi connectivity index (χ1v) is 5.87. The van der Waals surface area contributed by atoms with Crippen LogP contribution in [0.4, 0.5) is 10.5 Å². The first-order chi connectivity index (χ1) is 9.15. The number of hydrogen-bond acceptors (Lipinski definition) is 5. The summed E-state index contributed by atoms with van der Waals surface area (Å²) in [7, 11) is 1.60. The first-order valence-electron chi connectivity index (χ1n) is 5.87. The zero-order chi connectivity index (χ0) is 14.1. The summed E-state index contributed by atoms with van der Waals surface area (Å²) < 4.78 is 11.2. The average Bonchev–Trinajstić information content (AvgIpc) is 2.82. The van der Waals surface area contributed by atoms with Crippen LogP contribution < -0.4 is 10.6 Å². The van der Waals surface area contributed by atoms with Crippen molar-refractivity contribution in [3.05, 3.63) is 12.4 Å². The normalized spacial score (nSPS) is 10.0. The molecule has 19 heavy (non-hydrogen) atoms. The first kappa shape index (κ1) is 15.0. The minimum absolute atomic E-state index is 0.169. The Labute approximate surface area is 111 Å². The summed E-state index contributed by atoms with van der Waals surface area (Å²) in [6.45, 7) is 2.96. The van der Waals surface area contributed by atoms with Crippen molar-refractivity contribution >= 4 is 17.7 Å². The van der Waals surface area contributed by atoms with Crippen LogP contribution in [0.5, 0.6) is 0 Å². The van der Waals surface area contributed by atoms with E-state index in [1.165, 1.54) is 6.20 Å². The number of carbonyl (C=O) groups excluding carboxylic acids is 2. The highest BCUT2D eigenvalue weighted by molar-refractivity contribution is 5.91. The molecule has 0 aliphatic heterocycles. The number of urea groups is 1. The second kappa shape index (κ2) is 8.09. The fraction of sp³-hybridized carbons (Fsp3) is 0.545. The van der Waals surface area contributed by atoms with E-state index in [-0.39, 0.29) is 13.2 Å². The van der Waals surface area contributed by atoms with Crippen LogP contribution in [-0.4, -0.2) is 48.6 Å². The van der Waals surface area contributed by atoms with Gasteiger partial charge < -0.3 is 20.1 Å². The van der Waals surface area contributed by atoms with Gasteiger partial charge in [-0.3, -0.25) is 9.48 Å². The van der Waals surface area contributed by atoms with E-state index in [9.17, 15) is 9.59 Å². The van der Waals surface area contributed by atoms with Gasteiger partial charge in [-0.15, -0.1) is 0 Å². The fourth-order valence-electron chi connectivity index (χ4n) is 1.27. The van der Waals surface area contributed by atoms with Crippen LogP contribution in [0.3, 0.4) is 0 Å². The molecule has 8 heteroatoms. The number of anilines is 1. The lowest BCUT2D eigenvalue weighted by molar-refractivity contribution is -0.141. The fourth-order valence-corrected chi connectivity index (χ4v) is 1.27. The molecule has 2 N–H and O–H groups in total. The zero-order valence-corrected chi connectivity index (χ0v) is 11.0. The summed E-state index contributed by atoms with van der Waals surface area (Å²) in [6, 6.07) is -0.487. The molecule has 0 saturated heterocycles. The van der Waals surface area contributed by atoms with Crippen molar-refractivity contribution in [1.29, 1.82) is 0 Å². The Kier molecular flexibility index (Phi) is 6.37. The number of nitrogens with zero attached hydrogens (tertiary/aromatic N) is 2. The Morgan fingerprint density at radius 2 is 2.26 bits per heavy atom. The van der Waals surface area contributed by atoms with E-state index in [1.54, 1.807) is 24.9 Å². The van der Waals surface area contributed by atoms with Crippen LogP contribution in [0, 0.1) is 0 Å². The van der Waals surface area contributed by atoms with Crippen molar-refractivity contribution in [2.24, 2.45) is 0 Å². The summed E-state index contributed by atoms with van der Waals surface area (Å²) in [5.74, 6) is -0.478. The van der Waals surface area contributed by atoms with Gasteiger partial charge in [0.25, 0.3) is 0 Å². The summed E-state index contributed by atoms with van der Waals surface area (Å²) in [5.41, 5.74) is 0.539. The number of ether oxygens (including phenoxy) is 2. The second-order valence-electron chi connectivity index (χ2n) is 3.60. The number of amides is 2. The van der Waals surface area contributed by atoms with Crippen LogP contribution in [0.2, 0.25) is 0 Å². The molecular formula is C11H18N4O4. The number of hydrogen-bond donors (Lipinski definition) is 2. The largest absolute Gasteiger partial charge is 0.465 e. The Balaban J connectivity index is 2.31. The molecule has 1 heterocycles. The van der Waals surface area contributed by atoms with Crippen LogP contribution in [0.15, 0.2) is 12.4 Å². The van der Waals surface area contributed by atoms with Crippen molar-refractivity contribution in [3.63, 3.8) is 0 Å². The summed E-state index contributed by atoms with van der Waals surface area (Å²) in [5, 5.41) is 8.97. The quantitative estimate of drug-likeness (QED) is 0.691. The van der Waals surface area contributed by atoms with Crippen LogP contribution in [0.25, 0.3) is 0 Å². The van der Waals surface area contributed by atoms with Crippen molar-refractivity contribution in [1.82, 2.24) is 15.1 Å².